The maximum atomic E-state index is 12.1. The Bertz CT molecular complexity index is 302. The van der Waals surface area contributed by atoms with Gasteiger partial charge in [0.05, 0.1) is 0 Å². The van der Waals surface area contributed by atoms with E-state index in [2.05, 4.69) is 0 Å². The molecule has 2 N–H and O–H groups in total. The van der Waals surface area contributed by atoms with E-state index in [4.69, 9.17) is 5.73 Å². The Hall–Kier alpha value is 0.180. The van der Waals surface area contributed by atoms with Crippen molar-refractivity contribution in [2.45, 2.75) is 18.9 Å². The summed E-state index contributed by atoms with van der Waals surface area (Å²) in [4.78, 5) is 0. The second kappa shape index (κ2) is 6.20. The van der Waals surface area contributed by atoms with Gasteiger partial charge in [-0.3, -0.25) is 0 Å². The van der Waals surface area contributed by atoms with E-state index in [0.29, 0.717) is 19.5 Å². The van der Waals surface area contributed by atoms with Gasteiger partial charge in [0.2, 0.25) is 0 Å². The molecule has 0 amide bonds. The van der Waals surface area contributed by atoms with Gasteiger partial charge < -0.3 is 5.73 Å². The van der Waals surface area contributed by atoms with E-state index in [1.54, 1.807) is 14.1 Å². The topological polar surface area (TPSA) is 66.6 Å². The molecule has 1 atom stereocenters. The summed E-state index contributed by atoms with van der Waals surface area (Å²) >= 11 is 1.81. The molecule has 0 spiro atoms. The van der Waals surface area contributed by atoms with Crippen LogP contribution in [-0.2, 0) is 10.2 Å². The average molecular weight is 267 g/mol. The molecule has 0 aromatic carbocycles. The van der Waals surface area contributed by atoms with Crippen LogP contribution in [0.4, 0.5) is 0 Å². The minimum Gasteiger partial charge on any atom is -0.330 e. The van der Waals surface area contributed by atoms with Gasteiger partial charge in [-0.2, -0.15) is 28.8 Å². The van der Waals surface area contributed by atoms with Gasteiger partial charge in [-0.1, -0.05) is 0 Å². The van der Waals surface area contributed by atoms with Crippen molar-refractivity contribution in [3.8, 4) is 0 Å². The van der Waals surface area contributed by atoms with Gasteiger partial charge in [0.15, 0.2) is 0 Å². The highest BCUT2D eigenvalue weighted by Gasteiger charge is 2.31. The van der Waals surface area contributed by atoms with Gasteiger partial charge in [0.25, 0.3) is 10.2 Å². The predicted octanol–water partition coefficient (Wildman–Crippen LogP) is -0.0509. The second-order valence-corrected chi connectivity index (χ2v) is 7.25. The summed E-state index contributed by atoms with van der Waals surface area (Å²) in [5.41, 5.74) is 5.38. The van der Waals surface area contributed by atoms with Crippen LogP contribution in [-0.4, -0.2) is 61.8 Å². The molecule has 0 saturated carbocycles. The van der Waals surface area contributed by atoms with Crippen LogP contribution < -0.4 is 5.73 Å². The van der Waals surface area contributed by atoms with E-state index in [-0.39, 0.29) is 6.04 Å². The first-order valence-electron chi connectivity index (χ1n) is 5.47. The fourth-order valence-electron chi connectivity index (χ4n) is 1.65. The average Bonchev–Trinajstić information content (AvgIpc) is 2.77. The molecule has 96 valence electrons. The molecule has 0 aliphatic carbocycles. The maximum Gasteiger partial charge on any atom is 0.281 e. The Morgan fingerprint density at radius 2 is 2.12 bits per heavy atom. The first-order chi connectivity index (χ1) is 7.50. The standard InChI is InChI=1S/C9H21N3O2S2/c1-11(6-3-5-10)16(13,14)12(2)9-4-7-15-8-9/h9H,3-8,10H2,1-2H3. The van der Waals surface area contributed by atoms with Crippen LogP contribution in [0.3, 0.4) is 0 Å². The predicted molar refractivity (Wildman–Crippen MR) is 68.7 cm³/mol. The van der Waals surface area contributed by atoms with Crippen LogP contribution in [0.1, 0.15) is 12.8 Å². The number of nitrogens with two attached hydrogens (primary N) is 1. The highest BCUT2D eigenvalue weighted by atomic mass is 32.2. The zero-order valence-corrected chi connectivity index (χ0v) is 11.6. The zero-order chi connectivity index (χ0) is 12.2. The zero-order valence-electron chi connectivity index (χ0n) is 9.92. The van der Waals surface area contributed by atoms with Crippen molar-refractivity contribution in [2.75, 3.05) is 38.7 Å². The number of rotatable bonds is 6. The van der Waals surface area contributed by atoms with Gasteiger partial charge in [0, 0.05) is 32.4 Å². The number of nitrogens with zero attached hydrogens (tertiary/aromatic N) is 2. The largest absolute Gasteiger partial charge is 0.330 e. The van der Waals surface area contributed by atoms with Crippen LogP contribution in [0.2, 0.25) is 0 Å². The fourth-order valence-corrected chi connectivity index (χ4v) is 4.36. The number of thioether (sulfide) groups is 1. The lowest BCUT2D eigenvalue weighted by molar-refractivity contribution is 0.347. The van der Waals surface area contributed by atoms with Crippen molar-refractivity contribution in [2.24, 2.45) is 5.73 Å². The molecule has 0 aromatic rings. The van der Waals surface area contributed by atoms with E-state index in [1.807, 2.05) is 11.8 Å². The molecule has 1 rings (SSSR count). The summed E-state index contributed by atoms with van der Waals surface area (Å²) in [6.45, 7) is 1.01. The molecule has 0 radical (unpaired) electrons. The molecule has 1 aliphatic rings. The molecule has 5 nitrogen and oxygen atoms in total. The van der Waals surface area contributed by atoms with Crippen molar-refractivity contribution in [3.63, 3.8) is 0 Å². The van der Waals surface area contributed by atoms with E-state index < -0.39 is 10.2 Å². The molecule has 1 aliphatic heterocycles. The van der Waals surface area contributed by atoms with Crippen molar-refractivity contribution >= 4 is 22.0 Å². The van der Waals surface area contributed by atoms with Crippen LogP contribution >= 0.6 is 11.8 Å². The minimum absolute atomic E-state index is 0.148. The first-order valence-corrected chi connectivity index (χ1v) is 8.02. The van der Waals surface area contributed by atoms with E-state index in [1.165, 1.54) is 8.61 Å². The van der Waals surface area contributed by atoms with Crippen LogP contribution in [0, 0.1) is 0 Å². The third-order valence-electron chi connectivity index (χ3n) is 2.85. The summed E-state index contributed by atoms with van der Waals surface area (Å²) in [5, 5.41) is 0. The van der Waals surface area contributed by atoms with Gasteiger partial charge in [-0.15, -0.1) is 0 Å². The summed E-state index contributed by atoms with van der Waals surface area (Å²) in [6, 6.07) is 0.148. The van der Waals surface area contributed by atoms with Gasteiger partial charge in [0.1, 0.15) is 0 Å². The summed E-state index contributed by atoms with van der Waals surface area (Å²) < 4.78 is 27.1. The van der Waals surface area contributed by atoms with E-state index in [9.17, 15) is 8.42 Å². The van der Waals surface area contributed by atoms with Crippen LogP contribution in [0.5, 0.6) is 0 Å². The highest BCUT2D eigenvalue weighted by molar-refractivity contribution is 7.99. The Morgan fingerprint density at radius 1 is 1.44 bits per heavy atom. The quantitative estimate of drug-likeness (QED) is 0.733. The lowest BCUT2D eigenvalue weighted by Crippen LogP contribution is -2.45. The molecule has 1 fully saturated rings. The van der Waals surface area contributed by atoms with Crippen molar-refractivity contribution in [3.05, 3.63) is 0 Å². The smallest absolute Gasteiger partial charge is 0.281 e. The van der Waals surface area contributed by atoms with E-state index in [0.717, 1.165) is 17.9 Å². The fraction of sp³-hybridized carbons (Fsp3) is 1.00. The first kappa shape index (κ1) is 14.2. The normalized spacial score (nSPS) is 22.2. The monoisotopic (exact) mass is 267 g/mol. The van der Waals surface area contributed by atoms with E-state index >= 15 is 0 Å². The molecule has 0 bridgehead atoms. The Balaban J connectivity index is 2.60. The third kappa shape index (κ3) is 3.33. The summed E-state index contributed by atoms with van der Waals surface area (Å²) in [6.07, 6.45) is 1.65. The van der Waals surface area contributed by atoms with Gasteiger partial charge in [-0.05, 0) is 25.1 Å². The summed E-state index contributed by atoms with van der Waals surface area (Å²) in [7, 11) is -0.0108. The third-order valence-corrected chi connectivity index (χ3v) is 6.00. The Morgan fingerprint density at radius 3 is 2.62 bits per heavy atom. The molecular formula is C9H21N3O2S2. The summed E-state index contributed by atoms with van der Waals surface area (Å²) in [5.74, 6) is 1.96. The van der Waals surface area contributed by atoms with Crippen LogP contribution in [0.15, 0.2) is 0 Å². The Kier molecular flexibility index (Phi) is 5.52. The van der Waals surface area contributed by atoms with Gasteiger partial charge >= 0.3 is 0 Å². The maximum absolute atomic E-state index is 12.1. The molecule has 16 heavy (non-hydrogen) atoms. The lowest BCUT2D eigenvalue weighted by Gasteiger charge is -2.28. The highest BCUT2D eigenvalue weighted by Crippen LogP contribution is 2.24. The number of hydrogen-bond acceptors (Lipinski definition) is 4. The molecule has 1 saturated heterocycles. The molecule has 1 heterocycles. The van der Waals surface area contributed by atoms with Gasteiger partial charge in [-0.25, -0.2) is 0 Å². The lowest BCUT2D eigenvalue weighted by atomic mass is 10.3. The van der Waals surface area contributed by atoms with Crippen molar-refractivity contribution < 1.29 is 8.42 Å². The molecule has 7 heteroatoms. The molecule has 1 unspecified atom stereocenters. The molecule has 0 aromatic heterocycles. The van der Waals surface area contributed by atoms with Crippen molar-refractivity contribution in [1.29, 1.82) is 0 Å². The number of hydrogen-bond donors (Lipinski definition) is 1. The van der Waals surface area contributed by atoms with Crippen LogP contribution in [0.25, 0.3) is 0 Å². The SMILES string of the molecule is CN(CCCN)S(=O)(=O)N(C)C1CCSC1. The molecular weight excluding hydrogens is 246 g/mol. The Labute approximate surface area is 103 Å². The minimum atomic E-state index is -3.30. The van der Waals surface area contributed by atoms with Crippen molar-refractivity contribution in [1.82, 2.24) is 8.61 Å². The second-order valence-electron chi connectivity index (χ2n) is 4.01.